The van der Waals surface area contributed by atoms with E-state index >= 15 is 0 Å². The zero-order valence-electron chi connectivity index (χ0n) is 16.5. The summed E-state index contributed by atoms with van der Waals surface area (Å²) in [6.45, 7) is 3.43. The standard InChI is InChI=1S/C22H21FN2O4S/c1-15-3-7-18(8-4-15)24-22(26)14-29-21-12-11-20(13-16(21)2)30(27,28)25-19-9-5-17(23)6-10-19/h3-13,25H,14H2,1-2H3,(H,24,26). The Labute approximate surface area is 174 Å². The molecule has 0 heterocycles. The second-order valence-corrected chi connectivity index (χ2v) is 8.42. The van der Waals surface area contributed by atoms with Gasteiger partial charge in [-0.15, -0.1) is 0 Å². The van der Waals surface area contributed by atoms with Gasteiger partial charge < -0.3 is 10.1 Å². The molecule has 0 bridgehead atoms. The molecule has 0 aliphatic rings. The van der Waals surface area contributed by atoms with Gasteiger partial charge in [-0.05, 0) is 74.0 Å². The van der Waals surface area contributed by atoms with Crippen LogP contribution in [-0.4, -0.2) is 20.9 Å². The molecule has 0 spiro atoms. The molecule has 0 saturated carbocycles. The lowest BCUT2D eigenvalue weighted by Crippen LogP contribution is -2.20. The van der Waals surface area contributed by atoms with Crippen LogP contribution in [-0.2, 0) is 14.8 Å². The Morgan fingerprint density at radius 1 is 0.933 bits per heavy atom. The van der Waals surface area contributed by atoms with Gasteiger partial charge in [0.15, 0.2) is 6.61 Å². The lowest BCUT2D eigenvalue weighted by molar-refractivity contribution is -0.118. The molecular weight excluding hydrogens is 407 g/mol. The molecule has 8 heteroatoms. The van der Waals surface area contributed by atoms with Crippen LogP contribution in [0.15, 0.2) is 71.6 Å². The molecule has 1 amide bonds. The average Bonchev–Trinajstić information content (AvgIpc) is 2.70. The Morgan fingerprint density at radius 2 is 1.57 bits per heavy atom. The van der Waals surface area contributed by atoms with Gasteiger partial charge in [-0.1, -0.05) is 17.7 Å². The van der Waals surface area contributed by atoms with Crippen molar-refractivity contribution < 1.29 is 22.3 Å². The second-order valence-electron chi connectivity index (χ2n) is 6.74. The summed E-state index contributed by atoms with van der Waals surface area (Å²) in [4.78, 5) is 12.1. The van der Waals surface area contributed by atoms with Crippen LogP contribution in [0.4, 0.5) is 15.8 Å². The van der Waals surface area contributed by atoms with Gasteiger partial charge in [-0.2, -0.15) is 0 Å². The highest BCUT2D eigenvalue weighted by Gasteiger charge is 2.16. The van der Waals surface area contributed by atoms with Crippen molar-refractivity contribution in [1.29, 1.82) is 0 Å². The smallest absolute Gasteiger partial charge is 0.262 e. The Kier molecular flexibility index (Phi) is 6.37. The summed E-state index contributed by atoms with van der Waals surface area (Å²) in [5.74, 6) is -0.385. The lowest BCUT2D eigenvalue weighted by atomic mass is 10.2. The first-order valence-electron chi connectivity index (χ1n) is 9.11. The molecule has 0 radical (unpaired) electrons. The summed E-state index contributed by atoms with van der Waals surface area (Å²) in [6.07, 6.45) is 0. The summed E-state index contributed by atoms with van der Waals surface area (Å²) < 4.78 is 46.0. The minimum atomic E-state index is -3.85. The summed E-state index contributed by atoms with van der Waals surface area (Å²) in [5, 5.41) is 2.73. The van der Waals surface area contributed by atoms with E-state index in [4.69, 9.17) is 4.74 Å². The van der Waals surface area contributed by atoms with E-state index in [2.05, 4.69) is 10.0 Å². The molecule has 0 unspecified atom stereocenters. The number of aryl methyl sites for hydroxylation is 2. The normalized spacial score (nSPS) is 11.0. The number of benzene rings is 3. The van der Waals surface area contributed by atoms with Gasteiger partial charge in [0.2, 0.25) is 0 Å². The maximum atomic E-state index is 13.0. The molecule has 0 fully saturated rings. The largest absolute Gasteiger partial charge is 0.483 e. The van der Waals surface area contributed by atoms with E-state index in [1.54, 1.807) is 19.1 Å². The minimum Gasteiger partial charge on any atom is -0.483 e. The number of sulfonamides is 1. The fourth-order valence-electron chi connectivity index (χ4n) is 2.66. The monoisotopic (exact) mass is 428 g/mol. The third-order valence-electron chi connectivity index (χ3n) is 4.25. The highest BCUT2D eigenvalue weighted by atomic mass is 32.2. The van der Waals surface area contributed by atoms with Crippen molar-refractivity contribution in [3.8, 4) is 5.75 Å². The number of amides is 1. The summed E-state index contributed by atoms with van der Waals surface area (Å²) in [6, 6.07) is 16.7. The molecule has 0 saturated heterocycles. The van der Waals surface area contributed by atoms with Crippen molar-refractivity contribution in [3.05, 3.63) is 83.7 Å². The summed E-state index contributed by atoms with van der Waals surface area (Å²) >= 11 is 0. The molecular formula is C22H21FN2O4S. The predicted octanol–water partition coefficient (Wildman–Crippen LogP) is 4.26. The maximum Gasteiger partial charge on any atom is 0.262 e. The van der Waals surface area contributed by atoms with Gasteiger partial charge in [-0.25, -0.2) is 12.8 Å². The van der Waals surface area contributed by atoms with Crippen molar-refractivity contribution in [3.63, 3.8) is 0 Å². The van der Waals surface area contributed by atoms with Crippen LogP contribution in [0, 0.1) is 19.7 Å². The van der Waals surface area contributed by atoms with Crippen molar-refractivity contribution in [2.75, 3.05) is 16.6 Å². The first kappa shape index (κ1) is 21.3. The van der Waals surface area contributed by atoms with E-state index < -0.39 is 15.8 Å². The van der Waals surface area contributed by atoms with E-state index in [0.717, 1.165) is 5.56 Å². The molecule has 0 atom stereocenters. The molecule has 0 aromatic heterocycles. The Morgan fingerprint density at radius 3 is 2.20 bits per heavy atom. The van der Waals surface area contributed by atoms with Gasteiger partial charge in [-0.3, -0.25) is 9.52 Å². The number of hydrogen-bond acceptors (Lipinski definition) is 4. The van der Waals surface area contributed by atoms with Crippen LogP contribution < -0.4 is 14.8 Å². The van der Waals surface area contributed by atoms with Gasteiger partial charge in [0, 0.05) is 11.4 Å². The lowest BCUT2D eigenvalue weighted by Gasteiger charge is -2.12. The number of nitrogens with one attached hydrogen (secondary N) is 2. The predicted molar refractivity (Wildman–Crippen MR) is 114 cm³/mol. The number of rotatable bonds is 7. The summed E-state index contributed by atoms with van der Waals surface area (Å²) in [5.41, 5.74) is 2.56. The Bertz CT molecular complexity index is 1140. The van der Waals surface area contributed by atoms with Crippen molar-refractivity contribution in [1.82, 2.24) is 0 Å². The van der Waals surface area contributed by atoms with Gasteiger partial charge in [0.25, 0.3) is 15.9 Å². The Balaban J connectivity index is 1.63. The van der Waals surface area contributed by atoms with Gasteiger partial charge in [0.05, 0.1) is 4.90 Å². The first-order valence-corrected chi connectivity index (χ1v) is 10.6. The molecule has 3 rings (SSSR count). The van der Waals surface area contributed by atoms with E-state index in [1.165, 1.54) is 42.5 Å². The minimum absolute atomic E-state index is 0.0285. The summed E-state index contributed by atoms with van der Waals surface area (Å²) in [7, 11) is -3.85. The zero-order chi connectivity index (χ0) is 21.7. The maximum absolute atomic E-state index is 13.0. The third-order valence-corrected chi connectivity index (χ3v) is 5.63. The highest BCUT2D eigenvalue weighted by Crippen LogP contribution is 2.24. The molecule has 3 aromatic rings. The van der Waals surface area contributed by atoms with Crippen LogP contribution in [0.1, 0.15) is 11.1 Å². The molecule has 30 heavy (non-hydrogen) atoms. The number of carbonyl (C=O) groups is 1. The zero-order valence-corrected chi connectivity index (χ0v) is 17.3. The quantitative estimate of drug-likeness (QED) is 0.589. The van der Waals surface area contributed by atoms with Crippen molar-refractivity contribution in [2.24, 2.45) is 0 Å². The number of halogens is 1. The molecule has 3 aromatic carbocycles. The molecule has 2 N–H and O–H groups in total. The molecule has 0 aliphatic heterocycles. The van der Waals surface area contributed by atoms with E-state index in [-0.39, 0.29) is 23.1 Å². The van der Waals surface area contributed by atoms with Crippen LogP contribution in [0.3, 0.4) is 0 Å². The SMILES string of the molecule is Cc1ccc(NC(=O)COc2ccc(S(=O)(=O)Nc3ccc(F)cc3)cc2C)cc1. The van der Waals surface area contributed by atoms with Crippen LogP contribution in [0.25, 0.3) is 0 Å². The van der Waals surface area contributed by atoms with Crippen LogP contribution in [0.5, 0.6) is 5.75 Å². The molecule has 0 aliphatic carbocycles. The number of ether oxygens (including phenoxy) is 1. The van der Waals surface area contributed by atoms with Crippen LogP contribution in [0.2, 0.25) is 0 Å². The van der Waals surface area contributed by atoms with Crippen molar-refractivity contribution in [2.45, 2.75) is 18.7 Å². The number of anilines is 2. The number of carbonyl (C=O) groups excluding carboxylic acids is 1. The first-order chi connectivity index (χ1) is 14.2. The van der Waals surface area contributed by atoms with Gasteiger partial charge >= 0.3 is 0 Å². The fraction of sp³-hybridized carbons (Fsp3) is 0.136. The van der Waals surface area contributed by atoms with E-state index in [9.17, 15) is 17.6 Å². The topological polar surface area (TPSA) is 84.5 Å². The van der Waals surface area contributed by atoms with E-state index in [0.29, 0.717) is 17.0 Å². The second kappa shape index (κ2) is 8.96. The van der Waals surface area contributed by atoms with Gasteiger partial charge in [0.1, 0.15) is 11.6 Å². The third kappa shape index (κ3) is 5.57. The molecule has 156 valence electrons. The number of hydrogen-bond donors (Lipinski definition) is 2. The van der Waals surface area contributed by atoms with E-state index in [1.807, 2.05) is 19.1 Å². The fourth-order valence-corrected chi connectivity index (χ4v) is 3.80. The Hall–Kier alpha value is -3.39. The molecule has 6 nitrogen and oxygen atoms in total. The van der Waals surface area contributed by atoms with Crippen molar-refractivity contribution >= 4 is 27.3 Å². The van der Waals surface area contributed by atoms with Crippen LogP contribution >= 0.6 is 0 Å². The highest BCUT2D eigenvalue weighted by molar-refractivity contribution is 7.92. The average molecular weight is 428 g/mol.